The van der Waals surface area contributed by atoms with Crippen LogP contribution in [0.25, 0.3) is 10.9 Å². The van der Waals surface area contributed by atoms with Crippen molar-refractivity contribution in [2.75, 3.05) is 0 Å². The molecule has 1 saturated carbocycles. The minimum absolute atomic E-state index is 0.167. The molecule has 2 heterocycles. The van der Waals surface area contributed by atoms with Crippen LogP contribution in [0.4, 0.5) is 0 Å². The number of pyridine rings is 1. The predicted molar refractivity (Wildman–Crippen MR) is 64.6 cm³/mol. The fourth-order valence-corrected chi connectivity index (χ4v) is 2.53. The van der Waals surface area contributed by atoms with Crippen LogP contribution in [-0.2, 0) is 6.54 Å². The summed E-state index contributed by atoms with van der Waals surface area (Å²) in [5, 5.41) is 1.05. The fourth-order valence-electron chi connectivity index (χ4n) is 2.53. The van der Waals surface area contributed by atoms with Crippen LogP contribution < -0.4 is 0 Å². The number of fused-ring (bicyclic) bond motifs is 2. The second-order valence-corrected chi connectivity index (χ2v) is 4.84. The summed E-state index contributed by atoms with van der Waals surface area (Å²) in [6.45, 7) is 0.698. The highest BCUT2D eigenvalue weighted by atomic mass is 16.2. The Labute approximate surface area is 99.1 Å². The maximum Gasteiger partial charge on any atom is 0.256 e. The number of carbonyl (C=O) groups is 1. The van der Waals surface area contributed by atoms with Crippen LogP contribution in [0, 0.1) is 0 Å². The summed E-state index contributed by atoms with van der Waals surface area (Å²) in [5.41, 5.74) is 2.73. The van der Waals surface area contributed by atoms with Gasteiger partial charge < -0.3 is 4.90 Å². The van der Waals surface area contributed by atoms with Gasteiger partial charge in [-0.3, -0.25) is 9.78 Å². The number of hydrogen-bond acceptors (Lipinski definition) is 2. The van der Waals surface area contributed by atoms with Crippen molar-refractivity contribution >= 4 is 16.8 Å². The summed E-state index contributed by atoms with van der Waals surface area (Å²) in [5.74, 6) is 0.167. The smallest absolute Gasteiger partial charge is 0.256 e. The first-order valence-corrected chi connectivity index (χ1v) is 6.02. The maximum atomic E-state index is 12.2. The van der Waals surface area contributed by atoms with Crippen molar-refractivity contribution in [2.24, 2.45) is 0 Å². The number of para-hydroxylation sites is 1. The van der Waals surface area contributed by atoms with Crippen LogP contribution in [0.1, 0.15) is 28.9 Å². The molecule has 0 N–H and O–H groups in total. The molecule has 1 amide bonds. The van der Waals surface area contributed by atoms with Crippen LogP contribution in [-0.4, -0.2) is 21.8 Å². The van der Waals surface area contributed by atoms with Gasteiger partial charge in [0.2, 0.25) is 0 Å². The number of amides is 1. The van der Waals surface area contributed by atoms with Crippen molar-refractivity contribution in [1.29, 1.82) is 0 Å². The molecule has 2 aromatic rings. The van der Waals surface area contributed by atoms with E-state index in [-0.39, 0.29) is 5.91 Å². The minimum Gasteiger partial charge on any atom is -0.330 e. The lowest BCUT2D eigenvalue weighted by Crippen LogP contribution is -2.25. The molecule has 1 aliphatic heterocycles. The largest absolute Gasteiger partial charge is 0.330 e. The summed E-state index contributed by atoms with van der Waals surface area (Å²) >= 11 is 0. The molecular formula is C14H12N2O. The van der Waals surface area contributed by atoms with E-state index in [1.807, 2.05) is 35.2 Å². The lowest BCUT2D eigenvalue weighted by Gasteiger charge is -2.12. The zero-order chi connectivity index (χ0) is 11.4. The average Bonchev–Trinajstić information content (AvgIpc) is 3.14. The molecule has 17 heavy (non-hydrogen) atoms. The summed E-state index contributed by atoms with van der Waals surface area (Å²) in [6, 6.07) is 10.4. The number of rotatable bonds is 1. The Bertz CT molecular complexity index is 631. The third-order valence-corrected chi connectivity index (χ3v) is 3.60. The molecule has 4 rings (SSSR count). The number of carbonyl (C=O) groups excluding carboxylic acids is 1. The number of hydrogen-bond donors (Lipinski definition) is 0. The van der Waals surface area contributed by atoms with Crippen molar-refractivity contribution in [3.63, 3.8) is 0 Å². The molecule has 84 valence electrons. The van der Waals surface area contributed by atoms with E-state index in [9.17, 15) is 4.79 Å². The van der Waals surface area contributed by atoms with Gasteiger partial charge in [0, 0.05) is 11.4 Å². The van der Waals surface area contributed by atoms with Gasteiger partial charge in [-0.2, -0.15) is 0 Å². The van der Waals surface area contributed by atoms with Gasteiger partial charge in [-0.05, 0) is 25.0 Å². The van der Waals surface area contributed by atoms with E-state index in [1.165, 1.54) is 0 Å². The molecule has 1 aromatic carbocycles. The molecule has 1 fully saturated rings. The Morgan fingerprint density at radius 1 is 1.24 bits per heavy atom. The Morgan fingerprint density at radius 3 is 2.88 bits per heavy atom. The number of benzene rings is 1. The van der Waals surface area contributed by atoms with Gasteiger partial charge in [-0.25, -0.2) is 0 Å². The third kappa shape index (κ3) is 1.28. The molecule has 0 saturated heterocycles. The van der Waals surface area contributed by atoms with E-state index in [1.54, 1.807) is 0 Å². The second-order valence-electron chi connectivity index (χ2n) is 4.84. The van der Waals surface area contributed by atoms with Crippen molar-refractivity contribution in [3.05, 3.63) is 41.6 Å². The van der Waals surface area contributed by atoms with Crippen LogP contribution in [0.3, 0.4) is 0 Å². The summed E-state index contributed by atoms with van der Waals surface area (Å²) in [4.78, 5) is 18.8. The molecule has 1 aliphatic carbocycles. The third-order valence-electron chi connectivity index (χ3n) is 3.60. The van der Waals surface area contributed by atoms with Gasteiger partial charge in [0.25, 0.3) is 5.91 Å². The Hall–Kier alpha value is -1.90. The minimum atomic E-state index is 0.167. The average molecular weight is 224 g/mol. The molecule has 1 aromatic heterocycles. The number of aromatic nitrogens is 1. The highest BCUT2D eigenvalue weighted by Gasteiger charge is 2.38. The van der Waals surface area contributed by atoms with E-state index >= 15 is 0 Å². The second kappa shape index (κ2) is 3.06. The Kier molecular flexibility index (Phi) is 1.65. The Morgan fingerprint density at radius 2 is 2.06 bits per heavy atom. The lowest BCUT2D eigenvalue weighted by molar-refractivity contribution is 0.0766. The quantitative estimate of drug-likeness (QED) is 0.745. The zero-order valence-corrected chi connectivity index (χ0v) is 9.39. The SMILES string of the molecule is O=C1c2cc3ccccc3nc2CN1C1CC1. The first-order chi connectivity index (χ1) is 8.33. The molecule has 0 atom stereocenters. The van der Waals surface area contributed by atoms with Gasteiger partial charge in [-0.15, -0.1) is 0 Å². The fraction of sp³-hybridized carbons (Fsp3) is 0.286. The maximum absolute atomic E-state index is 12.2. The van der Waals surface area contributed by atoms with Gasteiger partial charge in [0.1, 0.15) is 0 Å². The number of nitrogens with zero attached hydrogens (tertiary/aromatic N) is 2. The van der Waals surface area contributed by atoms with E-state index in [0.717, 1.165) is 35.0 Å². The standard InChI is InChI=1S/C14H12N2O/c17-14-11-7-9-3-1-2-4-12(9)15-13(11)8-16(14)10-5-6-10/h1-4,7,10H,5-6,8H2. The molecule has 3 nitrogen and oxygen atoms in total. The van der Waals surface area contributed by atoms with E-state index in [4.69, 9.17) is 0 Å². The van der Waals surface area contributed by atoms with E-state index < -0.39 is 0 Å². The molecule has 0 radical (unpaired) electrons. The molecule has 0 bridgehead atoms. The highest BCUT2D eigenvalue weighted by Crippen LogP contribution is 2.34. The van der Waals surface area contributed by atoms with Gasteiger partial charge in [0.15, 0.2) is 0 Å². The van der Waals surface area contributed by atoms with Crippen LogP contribution in [0.2, 0.25) is 0 Å². The zero-order valence-electron chi connectivity index (χ0n) is 9.39. The molecule has 2 aliphatic rings. The summed E-state index contributed by atoms with van der Waals surface area (Å²) < 4.78 is 0. The van der Waals surface area contributed by atoms with Crippen molar-refractivity contribution in [1.82, 2.24) is 9.88 Å². The van der Waals surface area contributed by atoms with Crippen molar-refractivity contribution < 1.29 is 4.79 Å². The van der Waals surface area contributed by atoms with E-state index in [0.29, 0.717) is 12.6 Å². The van der Waals surface area contributed by atoms with Crippen LogP contribution >= 0.6 is 0 Å². The van der Waals surface area contributed by atoms with Crippen molar-refractivity contribution in [2.45, 2.75) is 25.4 Å². The molecule has 3 heteroatoms. The van der Waals surface area contributed by atoms with Gasteiger partial charge >= 0.3 is 0 Å². The first kappa shape index (κ1) is 9.16. The predicted octanol–water partition coefficient (Wildman–Crippen LogP) is 2.35. The van der Waals surface area contributed by atoms with Gasteiger partial charge in [0.05, 0.1) is 23.3 Å². The monoisotopic (exact) mass is 224 g/mol. The molecule has 0 unspecified atom stereocenters. The molecular weight excluding hydrogens is 212 g/mol. The Balaban J connectivity index is 1.89. The van der Waals surface area contributed by atoms with E-state index in [2.05, 4.69) is 4.98 Å². The lowest BCUT2D eigenvalue weighted by atomic mass is 10.1. The van der Waals surface area contributed by atoms with Crippen molar-refractivity contribution in [3.8, 4) is 0 Å². The summed E-state index contributed by atoms with van der Waals surface area (Å²) in [7, 11) is 0. The highest BCUT2D eigenvalue weighted by molar-refractivity contribution is 6.01. The first-order valence-electron chi connectivity index (χ1n) is 6.02. The molecule has 0 spiro atoms. The van der Waals surface area contributed by atoms with Crippen LogP contribution in [0.5, 0.6) is 0 Å². The van der Waals surface area contributed by atoms with Crippen LogP contribution in [0.15, 0.2) is 30.3 Å². The normalized spacial score (nSPS) is 18.8. The topological polar surface area (TPSA) is 33.2 Å². The summed E-state index contributed by atoms with van der Waals surface area (Å²) in [6.07, 6.45) is 2.30. The van der Waals surface area contributed by atoms with Gasteiger partial charge in [-0.1, -0.05) is 18.2 Å².